The highest BCUT2D eigenvalue weighted by Gasteiger charge is 2.40. The fourth-order valence-electron chi connectivity index (χ4n) is 5.05. The van der Waals surface area contributed by atoms with Crippen LogP contribution in [0.25, 0.3) is 16.3 Å². The molecule has 3 nitrogen and oxygen atoms in total. The first kappa shape index (κ1) is 18.9. The van der Waals surface area contributed by atoms with Gasteiger partial charge in [-0.2, -0.15) is 0 Å². The number of ketones is 1. The van der Waals surface area contributed by atoms with E-state index in [1.54, 1.807) is 0 Å². The van der Waals surface area contributed by atoms with Crippen molar-refractivity contribution in [1.82, 2.24) is 0 Å². The molecule has 1 aliphatic carbocycles. The van der Waals surface area contributed by atoms with Crippen LogP contribution in [0.4, 0.5) is 11.4 Å². The third-order valence-corrected chi connectivity index (χ3v) is 6.48. The highest BCUT2D eigenvalue weighted by atomic mass is 16.1. The number of Topliss-reactive ketones (excluding diaryl/α,β-unsaturated/α-hetero) is 1. The maximum absolute atomic E-state index is 13.4. The number of anilines is 2. The van der Waals surface area contributed by atoms with Crippen LogP contribution in [-0.4, -0.2) is 19.9 Å². The Kier molecular flexibility index (Phi) is 4.25. The number of benzene rings is 3. The third kappa shape index (κ3) is 3.00. The first-order valence-electron chi connectivity index (χ1n) is 10.7. The number of allylic oxidation sites excluding steroid dienone is 1. The van der Waals surface area contributed by atoms with Gasteiger partial charge >= 0.3 is 0 Å². The average Bonchev–Trinajstić information content (AvgIpc) is 2.72. The number of hydrogen-bond donors (Lipinski definition) is 1. The Labute approximate surface area is 178 Å². The molecule has 5 rings (SSSR count). The first-order valence-corrected chi connectivity index (χ1v) is 10.7. The van der Waals surface area contributed by atoms with Crippen LogP contribution in [0.1, 0.15) is 43.9 Å². The van der Waals surface area contributed by atoms with Crippen LogP contribution >= 0.6 is 0 Å². The number of carbonyl (C=O) groups is 1. The first-order chi connectivity index (χ1) is 14.3. The van der Waals surface area contributed by atoms with Gasteiger partial charge in [-0.25, -0.2) is 0 Å². The van der Waals surface area contributed by atoms with Crippen LogP contribution in [0.15, 0.2) is 66.2 Å². The van der Waals surface area contributed by atoms with Gasteiger partial charge < -0.3 is 10.2 Å². The highest BCUT2D eigenvalue weighted by molar-refractivity contribution is 6.12. The molecule has 0 fully saturated rings. The molecule has 0 bridgehead atoms. The summed E-state index contributed by atoms with van der Waals surface area (Å²) in [6, 6.07) is 21.3. The van der Waals surface area contributed by atoms with Gasteiger partial charge in [-0.15, -0.1) is 0 Å². The molecule has 0 amide bonds. The summed E-state index contributed by atoms with van der Waals surface area (Å²) in [5.41, 5.74) is 6.79. The molecule has 0 aromatic heterocycles. The summed E-state index contributed by atoms with van der Waals surface area (Å²) in [6.45, 7) is 4.42. The van der Waals surface area contributed by atoms with E-state index in [0.717, 1.165) is 28.9 Å². The molecule has 2 aliphatic rings. The Morgan fingerprint density at radius 2 is 1.67 bits per heavy atom. The molecule has 0 saturated carbocycles. The van der Waals surface area contributed by atoms with E-state index < -0.39 is 0 Å². The molecule has 1 atom stereocenters. The van der Waals surface area contributed by atoms with Gasteiger partial charge in [-0.1, -0.05) is 56.3 Å². The van der Waals surface area contributed by atoms with Gasteiger partial charge in [0.1, 0.15) is 0 Å². The molecule has 1 heterocycles. The minimum atomic E-state index is -0.103. The zero-order chi connectivity index (χ0) is 21.0. The summed E-state index contributed by atoms with van der Waals surface area (Å²) < 4.78 is 0. The van der Waals surface area contributed by atoms with E-state index in [-0.39, 0.29) is 17.2 Å². The topological polar surface area (TPSA) is 32.3 Å². The Balaban J connectivity index is 1.73. The maximum Gasteiger partial charge on any atom is 0.162 e. The van der Waals surface area contributed by atoms with Crippen LogP contribution in [0.2, 0.25) is 0 Å². The number of carbonyl (C=O) groups excluding carboxylic acids is 1. The predicted molar refractivity (Wildman–Crippen MR) is 126 cm³/mol. The molecular formula is C27H28N2O. The minimum absolute atomic E-state index is 0.0270. The zero-order valence-corrected chi connectivity index (χ0v) is 18.1. The van der Waals surface area contributed by atoms with Crippen LogP contribution in [-0.2, 0) is 4.79 Å². The molecule has 0 radical (unpaired) electrons. The van der Waals surface area contributed by atoms with Crippen molar-refractivity contribution < 1.29 is 4.79 Å². The molecule has 3 aromatic rings. The van der Waals surface area contributed by atoms with Crippen molar-refractivity contribution in [2.45, 2.75) is 32.7 Å². The Bertz CT molecular complexity index is 1190. The summed E-state index contributed by atoms with van der Waals surface area (Å²) in [5.74, 6) is 0.272. The highest BCUT2D eigenvalue weighted by Crippen LogP contribution is 2.52. The predicted octanol–water partition coefficient (Wildman–Crippen LogP) is 6.22. The van der Waals surface area contributed by atoms with E-state index in [0.29, 0.717) is 6.42 Å². The van der Waals surface area contributed by atoms with E-state index in [1.807, 2.05) is 14.1 Å². The monoisotopic (exact) mass is 396 g/mol. The normalized spacial score (nSPS) is 19.9. The quantitative estimate of drug-likeness (QED) is 0.558. The summed E-state index contributed by atoms with van der Waals surface area (Å²) >= 11 is 0. The van der Waals surface area contributed by atoms with Crippen molar-refractivity contribution >= 4 is 33.5 Å². The molecular weight excluding hydrogens is 368 g/mol. The van der Waals surface area contributed by atoms with Crippen molar-refractivity contribution in [2.75, 3.05) is 24.3 Å². The smallest absolute Gasteiger partial charge is 0.162 e. The van der Waals surface area contributed by atoms with E-state index in [9.17, 15) is 4.79 Å². The molecule has 3 aromatic carbocycles. The van der Waals surface area contributed by atoms with Crippen LogP contribution in [0, 0.1) is 5.41 Å². The van der Waals surface area contributed by atoms with Gasteiger partial charge in [0.2, 0.25) is 0 Å². The summed E-state index contributed by atoms with van der Waals surface area (Å²) in [6.07, 6.45) is 1.52. The lowest BCUT2D eigenvalue weighted by atomic mass is 9.68. The number of rotatable bonds is 2. The summed E-state index contributed by atoms with van der Waals surface area (Å²) in [4.78, 5) is 15.5. The number of hydrogen-bond acceptors (Lipinski definition) is 3. The second-order valence-electron chi connectivity index (χ2n) is 9.61. The van der Waals surface area contributed by atoms with Gasteiger partial charge in [-0.05, 0) is 51.9 Å². The van der Waals surface area contributed by atoms with Crippen molar-refractivity contribution in [3.8, 4) is 0 Å². The molecule has 30 heavy (non-hydrogen) atoms. The second-order valence-corrected chi connectivity index (χ2v) is 9.61. The number of fused-ring (bicyclic) bond motifs is 4. The minimum Gasteiger partial charge on any atom is -0.378 e. The molecule has 0 saturated heterocycles. The Hall–Kier alpha value is -3.07. The largest absolute Gasteiger partial charge is 0.378 e. The van der Waals surface area contributed by atoms with Gasteiger partial charge in [0.25, 0.3) is 0 Å². The van der Waals surface area contributed by atoms with E-state index in [1.165, 1.54) is 21.9 Å². The third-order valence-electron chi connectivity index (χ3n) is 6.48. The maximum atomic E-state index is 13.4. The molecule has 0 spiro atoms. The standard InChI is InChI=1S/C27H28N2O/c1-27(2)15-21-24-20-8-6-5-7-17(20)11-14-22(24)28-26(25(21)23(30)16-27)18-9-12-19(13-10-18)29(3)4/h5-14,26,28H,15-16H2,1-4H3. The van der Waals surface area contributed by atoms with Crippen LogP contribution < -0.4 is 10.2 Å². The molecule has 1 N–H and O–H groups in total. The van der Waals surface area contributed by atoms with E-state index in [2.05, 4.69) is 84.7 Å². The molecule has 152 valence electrons. The van der Waals surface area contributed by atoms with E-state index in [4.69, 9.17) is 0 Å². The number of nitrogens with zero attached hydrogens (tertiary/aromatic N) is 1. The van der Waals surface area contributed by atoms with Crippen molar-refractivity contribution in [2.24, 2.45) is 5.41 Å². The molecule has 1 unspecified atom stereocenters. The fourth-order valence-corrected chi connectivity index (χ4v) is 5.05. The van der Waals surface area contributed by atoms with Gasteiger partial charge in [0, 0.05) is 43.0 Å². The fraction of sp³-hybridized carbons (Fsp3) is 0.296. The van der Waals surface area contributed by atoms with Crippen molar-refractivity contribution in [3.05, 3.63) is 77.4 Å². The Morgan fingerprint density at radius 3 is 2.40 bits per heavy atom. The van der Waals surface area contributed by atoms with E-state index >= 15 is 0 Å². The lowest BCUT2D eigenvalue weighted by Crippen LogP contribution is -2.33. The molecule has 3 heteroatoms. The molecule has 1 aliphatic heterocycles. The average molecular weight is 397 g/mol. The lowest BCUT2D eigenvalue weighted by Gasteiger charge is -2.40. The van der Waals surface area contributed by atoms with Crippen molar-refractivity contribution in [1.29, 1.82) is 0 Å². The van der Waals surface area contributed by atoms with Crippen LogP contribution in [0.3, 0.4) is 0 Å². The van der Waals surface area contributed by atoms with Gasteiger partial charge in [-0.3, -0.25) is 4.79 Å². The summed E-state index contributed by atoms with van der Waals surface area (Å²) in [5, 5.41) is 6.16. The van der Waals surface area contributed by atoms with Crippen molar-refractivity contribution in [3.63, 3.8) is 0 Å². The number of nitrogens with one attached hydrogen (secondary N) is 1. The second kappa shape index (κ2) is 6.73. The lowest BCUT2D eigenvalue weighted by molar-refractivity contribution is -0.118. The van der Waals surface area contributed by atoms with Gasteiger partial charge in [0.15, 0.2) is 5.78 Å². The zero-order valence-electron chi connectivity index (χ0n) is 18.1. The summed E-state index contributed by atoms with van der Waals surface area (Å²) in [7, 11) is 4.09. The SMILES string of the molecule is CN(C)c1ccc(C2Nc3ccc4ccccc4c3C3=C2C(=O)CC(C)(C)C3)cc1. The van der Waals surface area contributed by atoms with Crippen LogP contribution in [0.5, 0.6) is 0 Å². The Morgan fingerprint density at radius 1 is 0.933 bits per heavy atom. The van der Waals surface area contributed by atoms with Gasteiger partial charge in [0.05, 0.1) is 6.04 Å².